The van der Waals surface area contributed by atoms with Gasteiger partial charge in [-0.2, -0.15) is 0 Å². The van der Waals surface area contributed by atoms with Gasteiger partial charge in [0.2, 0.25) is 18.1 Å². The molecule has 38 heavy (non-hydrogen) atoms. The molecule has 4 heterocycles. The van der Waals surface area contributed by atoms with Crippen LogP contribution in [0.5, 0.6) is 0 Å². The third kappa shape index (κ3) is 5.43. The van der Waals surface area contributed by atoms with Gasteiger partial charge in [-0.3, -0.25) is 9.78 Å². The van der Waals surface area contributed by atoms with E-state index in [4.69, 9.17) is 14.5 Å². The van der Waals surface area contributed by atoms with Gasteiger partial charge in [-0.15, -0.1) is 6.58 Å². The summed E-state index contributed by atoms with van der Waals surface area (Å²) < 4.78 is 25.6. The first-order valence-corrected chi connectivity index (χ1v) is 11.9. The quantitative estimate of drug-likeness (QED) is 0.296. The van der Waals surface area contributed by atoms with Crippen LogP contribution in [0.1, 0.15) is 19.0 Å². The van der Waals surface area contributed by atoms with Crippen LogP contribution < -0.4 is 10.6 Å². The topological polar surface area (TPSA) is 127 Å². The Balaban J connectivity index is 1.40. The molecule has 0 unspecified atom stereocenters. The Kier molecular flexibility index (Phi) is 7.20. The Hall–Kier alpha value is -4.48. The maximum absolute atomic E-state index is 13.6. The highest BCUT2D eigenvalue weighted by atomic mass is 19.1. The zero-order valence-electron chi connectivity index (χ0n) is 20.6. The summed E-state index contributed by atoms with van der Waals surface area (Å²) in [7, 11) is 0. The zero-order valence-corrected chi connectivity index (χ0v) is 20.6. The molecular formula is C27H26FN7O3. The fourth-order valence-corrected chi connectivity index (χ4v) is 3.87. The lowest BCUT2D eigenvalue weighted by Crippen LogP contribution is -2.45. The monoisotopic (exact) mass is 515 g/mol. The molecule has 1 aliphatic heterocycles. The van der Waals surface area contributed by atoms with E-state index in [1.165, 1.54) is 12.1 Å². The van der Waals surface area contributed by atoms with Gasteiger partial charge in [0.15, 0.2) is 5.82 Å². The van der Waals surface area contributed by atoms with Crippen molar-refractivity contribution >= 4 is 17.5 Å². The molecule has 0 bridgehead atoms. The molecule has 5 rings (SSSR count). The van der Waals surface area contributed by atoms with E-state index in [-0.39, 0.29) is 24.9 Å². The highest BCUT2D eigenvalue weighted by Gasteiger charge is 2.41. The molecule has 0 saturated carbocycles. The summed E-state index contributed by atoms with van der Waals surface area (Å²) in [6, 6.07) is 11.2. The summed E-state index contributed by atoms with van der Waals surface area (Å²) in [5, 5.41) is 5.91. The van der Waals surface area contributed by atoms with Gasteiger partial charge >= 0.3 is 0 Å². The number of H-pyrrole nitrogens is 1. The van der Waals surface area contributed by atoms with Crippen LogP contribution in [0.15, 0.2) is 73.7 Å². The van der Waals surface area contributed by atoms with E-state index in [1.807, 2.05) is 0 Å². The average molecular weight is 516 g/mol. The molecule has 0 atom stereocenters. The zero-order chi connectivity index (χ0) is 26.5. The number of halogens is 1. The summed E-state index contributed by atoms with van der Waals surface area (Å²) in [6.45, 7) is 6.17. The van der Waals surface area contributed by atoms with Crippen LogP contribution in [0.25, 0.3) is 22.6 Å². The molecule has 0 aliphatic carbocycles. The second kappa shape index (κ2) is 10.9. The van der Waals surface area contributed by atoms with E-state index < -0.39 is 11.7 Å². The Morgan fingerprint density at radius 3 is 2.68 bits per heavy atom. The number of pyridine rings is 1. The van der Waals surface area contributed by atoms with E-state index in [2.05, 4.69) is 37.1 Å². The fourth-order valence-electron chi connectivity index (χ4n) is 3.87. The third-order valence-corrected chi connectivity index (χ3v) is 5.95. The number of carbonyl (C=O) groups excluding carboxylic acids is 1. The van der Waals surface area contributed by atoms with Crippen LogP contribution in [0.3, 0.4) is 0 Å². The predicted molar refractivity (Wildman–Crippen MR) is 139 cm³/mol. The summed E-state index contributed by atoms with van der Waals surface area (Å²) in [5.74, 6) is 0.223. The number of hydrogen-bond donors (Lipinski definition) is 3. The molecule has 3 N–H and O–H groups in total. The van der Waals surface area contributed by atoms with Crippen LogP contribution in [0.4, 0.5) is 16.0 Å². The number of nitrogens with one attached hydrogen (secondary N) is 3. The van der Waals surface area contributed by atoms with Crippen molar-refractivity contribution in [2.45, 2.75) is 13.2 Å². The molecule has 1 fully saturated rings. The Morgan fingerprint density at radius 1 is 1.18 bits per heavy atom. The van der Waals surface area contributed by atoms with E-state index in [9.17, 15) is 9.18 Å². The molecule has 1 aromatic carbocycles. The van der Waals surface area contributed by atoms with Crippen LogP contribution in [0, 0.1) is 11.2 Å². The van der Waals surface area contributed by atoms with Crippen LogP contribution in [-0.4, -0.2) is 50.6 Å². The number of carbonyl (C=O) groups is 1. The third-order valence-electron chi connectivity index (χ3n) is 5.95. The largest absolute Gasteiger partial charge is 0.351 e. The van der Waals surface area contributed by atoms with Gasteiger partial charge in [-0.05, 0) is 49.4 Å². The van der Waals surface area contributed by atoms with Crippen molar-refractivity contribution in [1.29, 1.82) is 0 Å². The first kappa shape index (κ1) is 25.2. The van der Waals surface area contributed by atoms with Crippen molar-refractivity contribution in [3.63, 3.8) is 0 Å². The van der Waals surface area contributed by atoms with E-state index in [0.717, 1.165) is 0 Å². The molecule has 194 valence electrons. The lowest BCUT2D eigenvalue weighted by atomic mass is 9.91. The second-order valence-corrected chi connectivity index (χ2v) is 9.00. The SMILES string of the molecule is C=CCNc1nccc(-c2[nH]c(C3OCC(C)(C(=O)Nc4cccnc4)CO3)nc2-c2ccc(F)cc2)n1. The molecule has 1 saturated heterocycles. The van der Waals surface area contributed by atoms with Crippen molar-refractivity contribution in [3.8, 4) is 22.6 Å². The van der Waals surface area contributed by atoms with Crippen LogP contribution in [0.2, 0.25) is 0 Å². The number of hydrogen-bond acceptors (Lipinski definition) is 8. The number of aromatic nitrogens is 5. The van der Waals surface area contributed by atoms with Crippen LogP contribution in [-0.2, 0) is 14.3 Å². The normalized spacial score (nSPS) is 19.1. The highest BCUT2D eigenvalue weighted by molar-refractivity contribution is 5.95. The number of aromatic amines is 1. The first-order chi connectivity index (χ1) is 18.4. The number of nitrogens with zero attached hydrogens (tertiary/aromatic N) is 4. The average Bonchev–Trinajstić information content (AvgIpc) is 3.39. The molecule has 10 nitrogen and oxygen atoms in total. The maximum atomic E-state index is 13.6. The molecule has 11 heteroatoms. The van der Waals surface area contributed by atoms with E-state index >= 15 is 0 Å². The lowest BCUT2D eigenvalue weighted by Gasteiger charge is -2.35. The molecular weight excluding hydrogens is 489 g/mol. The summed E-state index contributed by atoms with van der Waals surface area (Å²) in [4.78, 5) is 33.7. The first-order valence-electron chi connectivity index (χ1n) is 11.9. The number of anilines is 2. The molecule has 0 radical (unpaired) electrons. The summed E-state index contributed by atoms with van der Waals surface area (Å²) >= 11 is 0. The van der Waals surface area contributed by atoms with Gasteiger partial charge < -0.3 is 25.1 Å². The highest BCUT2D eigenvalue weighted by Crippen LogP contribution is 2.36. The van der Waals surface area contributed by atoms with Gasteiger partial charge in [-0.25, -0.2) is 19.3 Å². The maximum Gasteiger partial charge on any atom is 0.235 e. The minimum Gasteiger partial charge on any atom is -0.351 e. The molecule has 0 spiro atoms. The van der Waals surface area contributed by atoms with Crippen LogP contribution >= 0.6 is 0 Å². The Morgan fingerprint density at radius 2 is 1.97 bits per heavy atom. The summed E-state index contributed by atoms with van der Waals surface area (Å²) in [5.41, 5.74) is 2.06. The fraction of sp³-hybridized carbons (Fsp3) is 0.222. The molecule has 4 aromatic rings. The van der Waals surface area contributed by atoms with Crippen molar-refractivity contribution < 1.29 is 18.7 Å². The molecule has 1 aliphatic rings. The van der Waals surface area contributed by atoms with Gasteiger partial charge in [0.05, 0.1) is 47.6 Å². The minimum atomic E-state index is -0.917. The standard InChI is InChI=1S/C27H26FN7O3/c1-3-11-30-26-31-13-10-20(33-26)22-21(17-6-8-18(28)9-7-17)34-23(35-22)24-37-15-27(2,16-38-24)25(36)32-19-5-4-12-29-14-19/h3-10,12-14,24H,1,11,15-16H2,2H3,(H,32,36)(H,34,35)(H,30,31,33). The molecule has 3 aromatic heterocycles. The van der Waals surface area contributed by atoms with E-state index in [1.54, 1.807) is 61.9 Å². The number of imidazole rings is 1. The number of rotatable bonds is 8. The lowest BCUT2D eigenvalue weighted by molar-refractivity contribution is -0.229. The van der Waals surface area contributed by atoms with Gasteiger partial charge in [0.25, 0.3) is 0 Å². The number of amides is 1. The Labute approximate surface area is 218 Å². The number of ether oxygens (including phenoxy) is 2. The van der Waals surface area contributed by atoms with Crippen molar-refractivity contribution in [2.24, 2.45) is 5.41 Å². The second-order valence-electron chi connectivity index (χ2n) is 9.00. The van der Waals surface area contributed by atoms with Crippen molar-refractivity contribution in [3.05, 3.63) is 85.4 Å². The van der Waals surface area contributed by atoms with Gasteiger partial charge in [0.1, 0.15) is 5.82 Å². The summed E-state index contributed by atoms with van der Waals surface area (Å²) in [6.07, 6.45) is 5.69. The van der Waals surface area contributed by atoms with E-state index in [0.29, 0.717) is 46.7 Å². The van der Waals surface area contributed by atoms with Gasteiger partial charge in [0, 0.05) is 24.5 Å². The van der Waals surface area contributed by atoms with Gasteiger partial charge in [-0.1, -0.05) is 6.08 Å². The molecule has 1 amide bonds. The predicted octanol–water partition coefficient (Wildman–Crippen LogP) is 4.36. The van der Waals surface area contributed by atoms with Crippen molar-refractivity contribution in [2.75, 3.05) is 30.4 Å². The minimum absolute atomic E-state index is 0.106. The number of benzene rings is 1. The smallest absolute Gasteiger partial charge is 0.235 e. The Bertz CT molecular complexity index is 1420. The van der Waals surface area contributed by atoms with Crippen molar-refractivity contribution in [1.82, 2.24) is 24.9 Å².